The van der Waals surface area contributed by atoms with Crippen LogP contribution in [0, 0.1) is 0 Å². The van der Waals surface area contributed by atoms with E-state index < -0.39 is 9.84 Å². The van der Waals surface area contributed by atoms with Gasteiger partial charge in [0.15, 0.2) is 9.84 Å². The summed E-state index contributed by atoms with van der Waals surface area (Å²) in [6.45, 7) is 0.362. The minimum absolute atomic E-state index is 0.0152. The number of sulfone groups is 1. The number of hydrogen-bond acceptors (Lipinski definition) is 4. The summed E-state index contributed by atoms with van der Waals surface area (Å²) in [5.74, 6) is 0.497. The maximum Gasteiger partial charge on any atom is 0.247 e. The van der Waals surface area contributed by atoms with Crippen molar-refractivity contribution in [1.29, 1.82) is 0 Å². The van der Waals surface area contributed by atoms with Crippen LogP contribution in [0.4, 0.5) is 0 Å². The number of hydrogen-bond donors (Lipinski definition) is 0. The fourth-order valence-electron chi connectivity index (χ4n) is 2.88. The molecule has 1 amide bonds. The summed E-state index contributed by atoms with van der Waals surface area (Å²) in [4.78, 5) is 14.3. The predicted molar refractivity (Wildman–Crippen MR) is 99.5 cm³/mol. The molecule has 7 heteroatoms. The Labute approximate surface area is 155 Å². The molecule has 132 valence electrons. The highest BCUT2D eigenvalue weighted by Gasteiger charge is 2.34. The number of halogens is 1. The molecule has 5 nitrogen and oxygen atoms in total. The first kappa shape index (κ1) is 17.9. The fourth-order valence-corrected chi connectivity index (χ4v) is 5.05. The smallest absolute Gasteiger partial charge is 0.247 e. The highest BCUT2D eigenvalue weighted by Crippen LogP contribution is 2.22. The Balaban J connectivity index is 1.82. The lowest BCUT2D eigenvalue weighted by atomic mass is 10.1. The van der Waals surface area contributed by atoms with Gasteiger partial charge in [0.25, 0.3) is 0 Å². The standard InChI is InChI=1S/C18H18BrNO4S/c19-15-4-1-3-14(11-15)12-20(16-8-10-25(22,23)13-16)18(21)7-6-17-5-2-9-24-17/h1-7,9,11,16H,8,10,12-13H2/b7-6+/t16-/m1/s1. The molecule has 25 heavy (non-hydrogen) atoms. The van der Waals surface area contributed by atoms with Crippen LogP contribution >= 0.6 is 15.9 Å². The van der Waals surface area contributed by atoms with Gasteiger partial charge in [0.1, 0.15) is 5.76 Å². The zero-order valence-corrected chi connectivity index (χ0v) is 15.9. The SMILES string of the molecule is O=C(/C=C/c1ccco1)N(Cc1cccc(Br)c1)[C@@H]1CCS(=O)(=O)C1. The molecule has 1 aliphatic rings. The van der Waals surface area contributed by atoms with Crippen molar-refractivity contribution >= 4 is 37.8 Å². The Kier molecular flexibility index (Phi) is 5.44. The van der Waals surface area contributed by atoms with E-state index in [-0.39, 0.29) is 23.5 Å². The lowest BCUT2D eigenvalue weighted by Gasteiger charge is -2.27. The van der Waals surface area contributed by atoms with Crippen LogP contribution < -0.4 is 0 Å². The Morgan fingerprint density at radius 3 is 2.80 bits per heavy atom. The number of rotatable bonds is 5. The van der Waals surface area contributed by atoms with E-state index in [1.807, 2.05) is 24.3 Å². The van der Waals surface area contributed by atoms with Crippen molar-refractivity contribution in [1.82, 2.24) is 4.90 Å². The largest absolute Gasteiger partial charge is 0.465 e. The van der Waals surface area contributed by atoms with Crippen LogP contribution in [0.5, 0.6) is 0 Å². The monoisotopic (exact) mass is 423 g/mol. The Morgan fingerprint density at radius 2 is 2.16 bits per heavy atom. The second-order valence-electron chi connectivity index (χ2n) is 6.00. The molecule has 2 heterocycles. The average Bonchev–Trinajstić information content (AvgIpc) is 3.19. The molecule has 0 saturated carbocycles. The zero-order valence-electron chi connectivity index (χ0n) is 13.5. The first-order valence-electron chi connectivity index (χ1n) is 7.90. The van der Waals surface area contributed by atoms with Gasteiger partial charge >= 0.3 is 0 Å². The summed E-state index contributed by atoms with van der Waals surface area (Å²) in [5, 5.41) is 0. The van der Waals surface area contributed by atoms with Gasteiger partial charge in [-0.15, -0.1) is 0 Å². The van der Waals surface area contributed by atoms with Gasteiger partial charge in [0, 0.05) is 23.1 Å². The number of benzene rings is 1. The van der Waals surface area contributed by atoms with Gasteiger partial charge in [-0.25, -0.2) is 8.42 Å². The highest BCUT2D eigenvalue weighted by molar-refractivity contribution is 9.10. The molecule has 1 atom stereocenters. The van der Waals surface area contributed by atoms with Crippen molar-refractivity contribution in [3.63, 3.8) is 0 Å². The normalized spacial score (nSPS) is 19.3. The number of carbonyl (C=O) groups excluding carboxylic acids is 1. The highest BCUT2D eigenvalue weighted by atomic mass is 79.9. The second-order valence-corrected chi connectivity index (χ2v) is 9.15. The van der Waals surface area contributed by atoms with Crippen molar-refractivity contribution < 1.29 is 17.6 Å². The van der Waals surface area contributed by atoms with Crippen molar-refractivity contribution in [2.45, 2.75) is 19.0 Å². The predicted octanol–water partition coefficient (Wildman–Crippen LogP) is 3.27. The van der Waals surface area contributed by atoms with Crippen LogP contribution in [0.1, 0.15) is 17.7 Å². The molecule has 0 N–H and O–H groups in total. The Bertz CT molecular complexity index is 874. The van der Waals surface area contributed by atoms with E-state index in [1.54, 1.807) is 23.1 Å². The van der Waals surface area contributed by atoms with Crippen LogP contribution in [-0.2, 0) is 21.2 Å². The lowest BCUT2D eigenvalue weighted by Crippen LogP contribution is -2.39. The molecule has 1 aromatic heterocycles. The van der Waals surface area contributed by atoms with Crippen molar-refractivity contribution in [3.8, 4) is 0 Å². The first-order chi connectivity index (χ1) is 11.9. The topological polar surface area (TPSA) is 67.6 Å². The van der Waals surface area contributed by atoms with E-state index in [0.717, 1.165) is 10.0 Å². The van der Waals surface area contributed by atoms with Gasteiger partial charge in [0.05, 0.1) is 17.8 Å². The van der Waals surface area contributed by atoms with E-state index >= 15 is 0 Å². The molecule has 3 rings (SSSR count). The van der Waals surface area contributed by atoms with Crippen LogP contribution in [0.3, 0.4) is 0 Å². The maximum absolute atomic E-state index is 12.7. The Hall–Kier alpha value is -1.86. The quantitative estimate of drug-likeness (QED) is 0.691. The van der Waals surface area contributed by atoms with Gasteiger partial charge in [-0.05, 0) is 42.3 Å². The number of carbonyl (C=O) groups is 1. The van der Waals surface area contributed by atoms with Crippen LogP contribution in [0.15, 0.2) is 57.6 Å². The third kappa shape index (κ3) is 4.83. The minimum atomic E-state index is -3.08. The van der Waals surface area contributed by atoms with Gasteiger partial charge < -0.3 is 9.32 Å². The summed E-state index contributed by atoms with van der Waals surface area (Å²) in [6.07, 6.45) is 5.03. The molecule has 2 aromatic rings. The molecule has 0 spiro atoms. The first-order valence-corrected chi connectivity index (χ1v) is 10.5. The molecular formula is C18H18BrNO4S. The van der Waals surface area contributed by atoms with E-state index in [4.69, 9.17) is 4.42 Å². The van der Waals surface area contributed by atoms with Gasteiger partial charge in [0.2, 0.25) is 5.91 Å². The van der Waals surface area contributed by atoms with Gasteiger partial charge in [-0.1, -0.05) is 28.1 Å². The summed E-state index contributed by atoms with van der Waals surface area (Å²) in [5.41, 5.74) is 0.943. The van der Waals surface area contributed by atoms with Crippen LogP contribution in [-0.4, -0.2) is 36.8 Å². The maximum atomic E-state index is 12.7. The summed E-state index contributed by atoms with van der Waals surface area (Å²) in [6, 6.07) is 10.8. The molecule has 0 unspecified atom stereocenters. The minimum Gasteiger partial charge on any atom is -0.465 e. The molecule has 1 saturated heterocycles. The van der Waals surface area contributed by atoms with Crippen LogP contribution in [0.25, 0.3) is 6.08 Å². The third-order valence-electron chi connectivity index (χ3n) is 4.11. The van der Waals surface area contributed by atoms with Crippen LogP contribution in [0.2, 0.25) is 0 Å². The number of amides is 1. The Morgan fingerprint density at radius 1 is 1.32 bits per heavy atom. The summed E-state index contributed by atoms with van der Waals surface area (Å²) < 4.78 is 29.8. The molecular weight excluding hydrogens is 406 g/mol. The fraction of sp³-hybridized carbons (Fsp3) is 0.278. The molecule has 1 fully saturated rings. The van der Waals surface area contributed by atoms with E-state index in [1.165, 1.54) is 12.3 Å². The zero-order chi connectivity index (χ0) is 17.9. The molecule has 0 radical (unpaired) electrons. The van der Waals surface area contributed by atoms with E-state index in [9.17, 15) is 13.2 Å². The van der Waals surface area contributed by atoms with Crippen molar-refractivity contribution in [2.24, 2.45) is 0 Å². The molecule has 0 bridgehead atoms. The number of nitrogens with zero attached hydrogens (tertiary/aromatic N) is 1. The summed E-state index contributed by atoms with van der Waals surface area (Å²) >= 11 is 3.42. The summed E-state index contributed by atoms with van der Waals surface area (Å²) in [7, 11) is -3.08. The third-order valence-corrected chi connectivity index (χ3v) is 6.35. The van der Waals surface area contributed by atoms with E-state index in [0.29, 0.717) is 18.7 Å². The van der Waals surface area contributed by atoms with Gasteiger partial charge in [-0.2, -0.15) is 0 Å². The van der Waals surface area contributed by atoms with Crippen molar-refractivity contribution in [3.05, 3.63) is 64.5 Å². The molecule has 1 aromatic carbocycles. The number of furan rings is 1. The molecule has 0 aliphatic carbocycles. The lowest BCUT2D eigenvalue weighted by molar-refractivity contribution is -0.128. The second kappa shape index (κ2) is 7.58. The molecule has 1 aliphatic heterocycles. The van der Waals surface area contributed by atoms with E-state index in [2.05, 4.69) is 15.9 Å². The van der Waals surface area contributed by atoms with Crippen molar-refractivity contribution in [2.75, 3.05) is 11.5 Å². The van der Waals surface area contributed by atoms with Gasteiger partial charge in [-0.3, -0.25) is 4.79 Å². The average molecular weight is 424 g/mol.